The van der Waals surface area contributed by atoms with Crippen LogP contribution in [-0.2, 0) is 0 Å². The third-order valence-corrected chi connectivity index (χ3v) is 22.8. The van der Waals surface area contributed by atoms with E-state index in [1.165, 1.54) is 47.7 Å². The lowest BCUT2D eigenvalue weighted by atomic mass is 9.91. The van der Waals surface area contributed by atoms with Crippen molar-refractivity contribution in [3.8, 4) is 0 Å². The Balaban J connectivity index is 0.000000951. The summed E-state index contributed by atoms with van der Waals surface area (Å²) >= 11 is 0. The first-order valence-corrected chi connectivity index (χ1v) is 43.3. The second-order valence-corrected chi connectivity index (χ2v) is 36.8. The molecule has 0 aliphatic rings. The monoisotopic (exact) mass is 2000 g/mol. The summed E-state index contributed by atoms with van der Waals surface area (Å²) in [5.41, 5.74) is 25.4. The standard InChI is InChI=1S/C34H45N8O4.C34H42N8.C18H25N2O2.C18H24N2.2CH4.6H3P/c1-24(25-10-20-33(41(6,7)45)31(22-25)37-35-27-12-16-29(17-13-27)39(2,3)43)26-11-21-34(42(8,9)46)32(23-26)38-36-28-14-18-30(19-15-28)40(4,5)44;1-24(25-10-20-33(41(6)7)31(22-25)37-35-27-12-16-29(17-13-27)39(2)3)26-11-21-34(42(8)9)32(23-26)38-36-28-14-18-30(19-15-28)40(4)5;1-14(15-6-10-17(11-7-15)19(2,3)21)16-8-12-18(13-9-16)20(4,5)22;1-14(15-6-10-17(11-7-15)19(2)3)16-8-12-18(13-9-16)20(4)5;;;;;;;;/h10-24,43-45H,1-9H3;10-24H,1-9H3;6-14,21H,1-5H3;6-14H,1-5H3;2*1H4;6*1H3/q+3;;+1;;;;;;;;;. The Morgan fingerprint density at radius 1 is 0.217 bits per heavy atom. The summed E-state index contributed by atoms with van der Waals surface area (Å²) in [4.78, 5) is 12.5. The van der Waals surface area contributed by atoms with Gasteiger partial charge in [0.05, 0.1) is 62.3 Å². The third-order valence-electron chi connectivity index (χ3n) is 22.8. The largest absolute Gasteiger partial charge is 0.628 e. The molecular weight excluding hydrogens is 1840 g/mol. The van der Waals surface area contributed by atoms with Crippen molar-refractivity contribution in [1.82, 2.24) is 27.9 Å². The van der Waals surface area contributed by atoms with E-state index in [4.69, 9.17) is 0 Å². The van der Waals surface area contributed by atoms with Gasteiger partial charge < -0.3 is 49.1 Å². The van der Waals surface area contributed by atoms with Crippen LogP contribution >= 0.6 is 59.4 Å². The van der Waals surface area contributed by atoms with Gasteiger partial charge in [0.15, 0.2) is 28.4 Å². The number of hydrogen-bond donors (Lipinski definition) is 4. The minimum atomic E-state index is -0.684. The fourth-order valence-electron chi connectivity index (χ4n) is 14.2. The predicted molar refractivity (Wildman–Crippen MR) is 626 cm³/mol. The van der Waals surface area contributed by atoms with Crippen LogP contribution in [0.3, 0.4) is 0 Å². The zero-order chi connectivity index (χ0) is 95.7. The first kappa shape index (κ1) is 126. The molecule has 0 aromatic heterocycles. The van der Waals surface area contributed by atoms with Crippen LogP contribution in [0, 0.1) is 10.4 Å². The van der Waals surface area contributed by atoms with Crippen molar-refractivity contribution in [1.29, 1.82) is 0 Å². The van der Waals surface area contributed by atoms with Crippen molar-refractivity contribution >= 4 is 173 Å². The first-order valence-electron chi connectivity index (χ1n) is 43.3. The molecule has 8 unspecified atom stereocenters. The van der Waals surface area contributed by atoms with Crippen LogP contribution in [0.5, 0.6) is 0 Å². The Labute approximate surface area is 844 Å². The summed E-state index contributed by atoms with van der Waals surface area (Å²) in [5, 5.41) is 102. The molecule has 32 heteroatoms. The smallest absolute Gasteiger partial charge is 0.192 e. The lowest BCUT2D eigenvalue weighted by Gasteiger charge is -2.34. The van der Waals surface area contributed by atoms with Gasteiger partial charge in [-0.1, -0.05) is 115 Å². The molecule has 8 atom stereocenters. The van der Waals surface area contributed by atoms with E-state index in [2.05, 4.69) is 204 Å². The predicted octanol–water partition coefficient (Wildman–Crippen LogP) is 27.0. The zero-order valence-corrected chi connectivity index (χ0v) is 94.0. The van der Waals surface area contributed by atoms with E-state index in [1.54, 1.807) is 125 Å². The highest BCUT2D eigenvalue weighted by Crippen LogP contribution is 2.43. The number of rotatable bonds is 28. The van der Waals surface area contributed by atoms with Crippen molar-refractivity contribution < 1.29 is 20.8 Å². The number of hydrogen-bond acceptors (Lipinski definition) is 20. The maximum absolute atomic E-state index is 13.0. The molecule has 12 rings (SSSR count). The van der Waals surface area contributed by atoms with Crippen LogP contribution in [0.2, 0.25) is 0 Å². The van der Waals surface area contributed by atoms with Crippen molar-refractivity contribution in [2.45, 2.75) is 66.2 Å². The lowest BCUT2D eigenvalue weighted by Crippen LogP contribution is -2.35. The lowest BCUT2D eigenvalue weighted by molar-refractivity contribution is -0.0287. The molecule has 138 heavy (non-hydrogen) atoms. The molecule has 0 radical (unpaired) electrons. The van der Waals surface area contributed by atoms with Gasteiger partial charge >= 0.3 is 0 Å². The molecule has 0 aliphatic heterocycles. The Morgan fingerprint density at radius 3 is 0.652 bits per heavy atom. The number of azo groups is 4. The van der Waals surface area contributed by atoms with Crippen LogP contribution in [-0.4, -0.2) is 190 Å². The summed E-state index contributed by atoms with van der Waals surface area (Å²) in [6.07, 6.45) is 0. The van der Waals surface area contributed by atoms with E-state index in [0.717, 1.165) is 79.1 Å². The minimum Gasteiger partial charge on any atom is -0.628 e. The second kappa shape index (κ2) is 54.7. The normalized spacial score (nSPS) is 12.1. The maximum atomic E-state index is 13.0. The van der Waals surface area contributed by atoms with Gasteiger partial charge in [-0.25, -0.2) is 20.8 Å². The average Bonchev–Trinajstić information content (AvgIpc) is 0.793. The molecule has 0 aliphatic carbocycles. The van der Waals surface area contributed by atoms with Crippen molar-refractivity contribution in [2.75, 3.05) is 199 Å². The Bertz CT molecular complexity index is 5470. The summed E-state index contributed by atoms with van der Waals surface area (Å²) in [7, 11) is 44.1. The van der Waals surface area contributed by atoms with Gasteiger partial charge in [0.2, 0.25) is 0 Å². The van der Waals surface area contributed by atoms with Gasteiger partial charge in [-0.05, 0) is 190 Å². The highest BCUT2D eigenvalue weighted by molar-refractivity contribution is 6.93. The summed E-state index contributed by atoms with van der Waals surface area (Å²) < 4.78 is -2.34. The van der Waals surface area contributed by atoms with E-state index in [-0.39, 0.29) is 106 Å². The van der Waals surface area contributed by atoms with E-state index >= 15 is 0 Å². The van der Waals surface area contributed by atoms with Gasteiger partial charge in [0.1, 0.15) is 84.8 Å². The van der Waals surface area contributed by atoms with Gasteiger partial charge in [-0.15, -0.1) is 20.5 Å². The minimum absolute atomic E-state index is 0. The van der Waals surface area contributed by atoms with Gasteiger partial charge in [0.25, 0.3) is 0 Å². The van der Waals surface area contributed by atoms with Crippen molar-refractivity contribution in [3.63, 3.8) is 0 Å². The Kier molecular flexibility index (Phi) is 49.9. The molecule has 12 aromatic carbocycles. The van der Waals surface area contributed by atoms with Crippen molar-refractivity contribution in [2.24, 2.45) is 40.9 Å². The van der Waals surface area contributed by atoms with Crippen LogP contribution in [0.15, 0.2) is 308 Å². The van der Waals surface area contributed by atoms with E-state index in [0.29, 0.717) is 51.4 Å². The first-order chi connectivity index (χ1) is 60.8. The summed E-state index contributed by atoms with van der Waals surface area (Å²) in [5.74, 6) is 0.636. The van der Waals surface area contributed by atoms with E-state index < -0.39 is 13.9 Å². The molecule has 0 fully saturated rings. The van der Waals surface area contributed by atoms with Gasteiger partial charge in [-0.2, -0.15) is 98.4 Å². The molecular formula is C106H162N20O6P6+4. The molecule has 0 spiro atoms. The molecule has 748 valence electrons. The fourth-order valence-corrected chi connectivity index (χ4v) is 14.2. The molecule has 0 saturated carbocycles. The number of anilines is 6. The summed E-state index contributed by atoms with van der Waals surface area (Å²) in [6, 6.07) is 87.7. The molecule has 26 nitrogen and oxygen atoms in total. The number of quaternary nitrogens is 6. The topological polar surface area (TPSA) is 245 Å². The van der Waals surface area contributed by atoms with E-state index in [9.17, 15) is 31.2 Å². The Morgan fingerprint density at radius 2 is 0.413 bits per heavy atom. The Hall–Kier alpha value is -10.1. The van der Waals surface area contributed by atoms with Crippen LogP contribution in [0.25, 0.3) is 0 Å². The molecule has 0 amide bonds. The van der Waals surface area contributed by atoms with Crippen LogP contribution < -0.4 is 57.3 Å². The zero-order valence-electron chi connectivity index (χ0n) is 85.5. The molecule has 12 aromatic rings. The molecule has 4 N–H and O–H groups in total. The average molecular weight is 2000 g/mol. The SMILES string of the molecule is C.C.CC(c1ccc(N(C)C)c(N=Nc2ccc(N(C)C)cc2)c1)c1ccc(N(C)C)c(N=Nc2ccc(N(C)C)cc2)c1.CC(c1ccc(N(C)C)cc1)c1ccc(N(C)C)cc1.CC(c1ccc([N+](C)(C)[O-])c(N=Nc2ccc([N+](C)(C)O)cc2)c1)c1ccc([N+](C)(C)O)c(N=Nc2ccc([N+](C)(C)O)cc2)c1.CC(c1ccc([N+](C)(C)[O-])cc1)c1ccc([N+](C)(C)O)cc1.P.P.P.P.P.P. The quantitative estimate of drug-likeness (QED) is 0.0155. The third kappa shape index (κ3) is 35.9. The fraction of sp³-hybridized carbons (Fsp3) is 0.321. The molecule has 0 saturated heterocycles. The molecule has 0 heterocycles. The highest BCUT2D eigenvalue weighted by atomic mass is 31.0. The van der Waals surface area contributed by atoms with Gasteiger partial charge in [0, 0.05) is 180 Å². The summed E-state index contributed by atoms with van der Waals surface area (Å²) in [6.45, 7) is 8.65. The van der Waals surface area contributed by atoms with E-state index in [1.807, 2.05) is 191 Å². The second-order valence-electron chi connectivity index (χ2n) is 36.8. The number of benzene rings is 12. The number of nitrogens with zero attached hydrogens (tertiary/aromatic N) is 20. The van der Waals surface area contributed by atoms with Crippen LogP contribution in [0.1, 0.15) is 111 Å². The highest BCUT2D eigenvalue weighted by Gasteiger charge is 2.27. The van der Waals surface area contributed by atoms with Gasteiger partial charge in [-0.3, -0.25) is 0 Å². The molecule has 0 bridgehead atoms. The van der Waals surface area contributed by atoms with Crippen molar-refractivity contribution in [3.05, 3.63) is 322 Å². The van der Waals surface area contributed by atoms with Crippen LogP contribution in [0.4, 0.5) is 114 Å². The number of hydroxylamine groups is 12. The maximum Gasteiger partial charge on any atom is 0.192 e.